The summed E-state index contributed by atoms with van der Waals surface area (Å²) >= 11 is 0. The van der Waals surface area contributed by atoms with Crippen LogP contribution in [0.15, 0.2) is 73.2 Å². The highest BCUT2D eigenvalue weighted by molar-refractivity contribution is 6.02. The van der Waals surface area contributed by atoms with Gasteiger partial charge in [0.2, 0.25) is 0 Å². The Labute approximate surface area is 128 Å². The maximum absolute atomic E-state index is 12.0. The van der Waals surface area contributed by atoms with Crippen molar-refractivity contribution in [3.05, 3.63) is 78.9 Å². The van der Waals surface area contributed by atoms with E-state index in [1.807, 2.05) is 54.6 Å². The van der Waals surface area contributed by atoms with Gasteiger partial charge >= 0.3 is 0 Å². The van der Waals surface area contributed by atoms with Gasteiger partial charge in [-0.3, -0.25) is 9.78 Å². The summed E-state index contributed by atoms with van der Waals surface area (Å²) in [5.41, 5.74) is 2.95. The van der Waals surface area contributed by atoms with Crippen molar-refractivity contribution in [2.75, 3.05) is 10.6 Å². The number of carbonyl (C=O) groups is 1. The highest BCUT2D eigenvalue weighted by Crippen LogP contribution is 2.18. The van der Waals surface area contributed by atoms with Crippen molar-refractivity contribution in [2.45, 2.75) is 0 Å². The molecule has 0 spiro atoms. The Hall–Kier alpha value is -3.21. The van der Waals surface area contributed by atoms with Crippen LogP contribution in [0.1, 0.15) is 10.5 Å². The predicted molar refractivity (Wildman–Crippen MR) is 86.2 cm³/mol. The number of nitrogens with zero attached hydrogens (tertiary/aromatic N) is 2. The molecule has 0 fully saturated rings. The molecule has 0 aliphatic carbocycles. The number of nitrogens with one attached hydrogen (secondary N) is 2. The van der Waals surface area contributed by atoms with Crippen LogP contribution >= 0.6 is 0 Å². The van der Waals surface area contributed by atoms with Gasteiger partial charge in [0.25, 0.3) is 5.91 Å². The fraction of sp³-hybridized carbons (Fsp3) is 0. The fourth-order valence-electron chi connectivity index (χ4n) is 1.94. The number of para-hydroxylation sites is 1. The summed E-state index contributed by atoms with van der Waals surface area (Å²) in [5.74, 6) is -0.281. The molecule has 2 aromatic carbocycles. The molecule has 0 aliphatic heterocycles. The Kier molecular flexibility index (Phi) is 4.06. The van der Waals surface area contributed by atoms with Crippen LogP contribution in [0.4, 0.5) is 17.1 Å². The molecular weight excluding hydrogens is 276 g/mol. The van der Waals surface area contributed by atoms with Gasteiger partial charge in [-0.15, -0.1) is 0 Å². The fourth-order valence-corrected chi connectivity index (χ4v) is 1.94. The second-order valence-electron chi connectivity index (χ2n) is 4.61. The van der Waals surface area contributed by atoms with Gasteiger partial charge in [0.15, 0.2) is 0 Å². The summed E-state index contributed by atoms with van der Waals surface area (Å²) in [6, 6.07) is 17.4. The predicted octanol–water partition coefficient (Wildman–Crippen LogP) is 3.47. The summed E-state index contributed by atoms with van der Waals surface area (Å²) in [7, 11) is 0. The number of amides is 1. The topological polar surface area (TPSA) is 66.9 Å². The Balaban J connectivity index is 1.66. The third kappa shape index (κ3) is 3.46. The van der Waals surface area contributed by atoms with E-state index in [2.05, 4.69) is 20.6 Å². The normalized spacial score (nSPS) is 10.0. The van der Waals surface area contributed by atoms with Crippen LogP contribution in [0.2, 0.25) is 0 Å². The summed E-state index contributed by atoms with van der Waals surface area (Å²) in [4.78, 5) is 19.8. The lowest BCUT2D eigenvalue weighted by Gasteiger charge is -2.08. The average Bonchev–Trinajstić information content (AvgIpc) is 2.58. The van der Waals surface area contributed by atoms with Crippen molar-refractivity contribution in [3.8, 4) is 0 Å². The summed E-state index contributed by atoms with van der Waals surface area (Å²) in [5, 5.41) is 6.06. The molecule has 5 nitrogen and oxygen atoms in total. The smallest absolute Gasteiger partial charge is 0.275 e. The van der Waals surface area contributed by atoms with Gasteiger partial charge < -0.3 is 10.6 Å². The maximum Gasteiger partial charge on any atom is 0.275 e. The zero-order chi connectivity index (χ0) is 15.2. The van der Waals surface area contributed by atoms with Crippen LogP contribution in [0.5, 0.6) is 0 Å². The van der Waals surface area contributed by atoms with Crippen molar-refractivity contribution < 1.29 is 4.79 Å². The molecule has 108 valence electrons. The summed E-state index contributed by atoms with van der Waals surface area (Å²) < 4.78 is 0. The first-order chi connectivity index (χ1) is 10.8. The van der Waals surface area contributed by atoms with E-state index >= 15 is 0 Å². The Bertz CT molecular complexity index is 743. The lowest BCUT2D eigenvalue weighted by atomic mass is 10.2. The van der Waals surface area contributed by atoms with Crippen LogP contribution in [0.3, 0.4) is 0 Å². The Morgan fingerprint density at radius 1 is 0.818 bits per heavy atom. The quantitative estimate of drug-likeness (QED) is 0.772. The highest BCUT2D eigenvalue weighted by Gasteiger charge is 2.07. The first-order valence-corrected chi connectivity index (χ1v) is 6.81. The first-order valence-electron chi connectivity index (χ1n) is 6.81. The molecule has 2 N–H and O–H groups in total. The third-order valence-electron chi connectivity index (χ3n) is 3.00. The van der Waals surface area contributed by atoms with Crippen LogP contribution < -0.4 is 10.6 Å². The van der Waals surface area contributed by atoms with Crippen molar-refractivity contribution in [3.63, 3.8) is 0 Å². The van der Waals surface area contributed by atoms with Gasteiger partial charge in [0, 0.05) is 29.5 Å². The molecule has 0 saturated carbocycles. The molecule has 1 aromatic heterocycles. The zero-order valence-corrected chi connectivity index (χ0v) is 11.7. The molecule has 0 unspecified atom stereocenters. The molecular formula is C17H14N4O. The first kappa shape index (κ1) is 13.8. The van der Waals surface area contributed by atoms with Crippen LogP contribution in [-0.4, -0.2) is 15.9 Å². The minimum absolute atomic E-state index is 0.281. The molecule has 0 atom stereocenters. The number of hydrogen-bond donors (Lipinski definition) is 2. The molecule has 0 aliphatic rings. The van der Waals surface area contributed by atoms with E-state index in [1.54, 1.807) is 0 Å². The van der Waals surface area contributed by atoms with Gasteiger partial charge in [-0.1, -0.05) is 18.2 Å². The monoisotopic (exact) mass is 290 g/mol. The van der Waals surface area contributed by atoms with Gasteiger partial charge in [0.05, 0.1) is 6.20 Å². The lowest BCUT2D eigenvalue weighted by molar-refractivity contribution is 0.102. The second kappa shape index (κ2) is 6.49. The van der Waals surface area contributed by atoms with E-state index in [0.717, 1.165) is 11.4 Å². The maximum atomic E-state index is 12.0. The van der Waals surface area contributed by atoms with Gasteiger partial charge in [-0.2, -0.15) is 0 Å². The van der Waals surface area contributed by atoms with E-state index in [4.69, 9.17) is 0 Å². The Morgan fingerprint density at radius 3 is 2.18 bits per heavy atom. The largest absolute Gasteiger partial charge is 0.356 e. The van der Waals surface area contributed by atoms with E-state index < -0.39 is 0 Å². The standard InChI is InChI=1S/C17H14N4O/c22-17(16-12-18-10-11-19-16)21-15-8-6-14(7-9-15)20-13-4-2-1-3-5-13/h1-12,20H,(H,21,22). The minimum Gasteiger partial charge on any atom is -0.356 e. The third-order valence-corrected chi connectivity index (χ3v) is 3.00. The van der Waals surface area contributed by atoms with E-state index in [1.165, 1.54) is 18.6 Å². The van der Waals surface area contributed by atoms with Gasteiger partial charge in [-0.25, -0.2) is 4.98 Å². The van der Waals surface area contributed by atoms with E-state index in [-0.39, 0.29) is 11.6 Å². The molecule has 0 radical (unpaired) electrons. The molecule has 5 heteroatoms. The zero-order valence-electron chi connectivity index (χ0n) is 11.7. The molecule has 1 amide bonds. The average molecular weight is 290 g/mol. The molecule has 0 bridgehead atoms. The molecule has 1 heterocycles. The lowest BCUT2D eigenvalue weighted by Crippen LogP contribution is -2.13. The van der Waals surface area contributed by atoms with E-state index in [0.29, 0.717) is 5.69 Å². The molecule has 3 aromatic rings. The van der Waals surface area contributed by atoms with E-state index in [9.17, 15) is 4.79 Å². The molecule has 0 saturated heterocycles. The second-order valence-corrected chi connectivity index (χ2v) is 4.61. The molecule has 22 heavy (non-hydrogen) atoms. The van der Waals surface area contributed by atoms with Crippen molar-refractivity contribution >= 4 is 23.0 Å². The van der Waals surface area contributed by atoms with Crippen molar-refractivity contribution in [1.82, 2.24) is 9.97 Å². The number of anilines is 3. The van der Waals surface area contributed by atoms with Crippen LogP contribution in [0.25, 0.3) is 0 Å². The number of carbonyl (C=O) groups excluding carboxylic acids is 1. The van der Waals surface area contributed by atoms with Crippen molar-refractivity contribution in [1.29, 1.82) is 0 Å². The SMILES string of the molecule is O=C(Nc1ccc(Nc2ccccc2)cc1)c1cnccn1. The number of benzene rings is 2. The van der Waals surface area contributed by atoms with Crippen molar-refractivity contribution in [2.24, 2.45) is 0 Å². The summed E-state index contributed by atoms with van der Waals surface area (Å²) in [6.07, 6.45) is 4.45. The highest BCUT2D eigenvalue weighted by atomic mass is 16.1. The Morgan fingerprint density at radius 2 is 1.50 bits per heavy atom. The number of rotatable bonds is 4. The van der Waals surface area contributed by atoms with Crippen LogP contribution in [-0.2, 0) is 0 Å². The van der Waals surface area contributed by atoms with Crippen LogP contribution in [0, 0.1) is 0 Å². The molecule has 3 rings (SSSR count). The minimum atomic E-state index is -0.281. The van der Waals surface area contributed by atoms with Gasteiger partial charge in [-0.05, 0) is 36.4 Å². The summed E-state index contributed by atoms with van der Waals surface area (Å²) in [6.45, 7) is 0. The number of aromatic nitrogens is 2. The number of hydrogen-bond acceptors (Lipinski definition) is 4. The van der Waals surface area contributed by atoms with Gasteiger partial charge in [0.1, 0.15) is 5.69 Å².